The van der Waals surface area contributed by atoms with Gasteiger partial charge < -0.3 is 10.6 Å². The average molecular weight is 387 g/mol. The van der Waals surface area contributed by atoms with E-state index in [-0.39, 0.29) is 11.8 Å². The van der Waals surface area contributed by atoms with Crippen LogP contribution < -0.4 is 10.6 Å². The van der Waals surface area contributed by atoms with Gasteiger partial charge in [0, 0.05) is 30.9 Å². The number of piperazine rings is 1. The van der Waals surface area contributed by atoms with Crippen molar-refractivity contribution in [2.75, 3.05) is 25.0 Å². The Balaban J connectivity index is 1.70. The van der Waals surface area contributed by atoms with Crippen molar-refractivity contribution in [3.63, 3.8) is 0 Å². The van der Waals surface area contributed by atoms with Crippen LogP contribution in [0.5, 0.6) is 0 Å². The largest absolute Gasteiger partial charge is 0.354 e. The van der Waals surface area contributed by atoms with Gasteiger partial charge in [0.15, 0.2) is 0 Å². The Morgan fingerprint density at radius 2 is 2.07 bits per heavy atom. The van der Waals surface area contributed by atoms with E-state index in [0.717, 1.165) is 34.4 Å². The van der Waals surface area contributed by atoms with Crippen LogP contribution in [0.15, 0.2) is 61.3 Å². The van der Waals surface area contributed by atoms with E-state index in [1.165, 1.54) is 6.08 Å². The third-order valence-corrected chi connectivity index (χ3v) is 4.71. The number of nitrogens with zero attached hydrogens (tertiary/aromatic N) is 3. The Morgan fingerprint density at radius 1 is 1.24 bits per heavy atom. The third kappa shape index (κ3) is 4.47. The molecule has 0 spiro atoms. The average Bonchev–Trinajstić information content (AvgIpc) is 2.73. The number of anilines is 1. The van der Waals surface area contributed by atoms with E-state index in [9.17, 15) is 9.59 Å². The highest BCUT2D eigenvalue weighted by atomic mass is 16.2. The lowest BCUT2D eigenvalue weighted by molar-refractivity contribution is -0.124. The monoisotopic (exact) mass is 387 g/mol. The number of carbonyl (C=O) groups is 2. The van der Waals surface area contributed by atoms with Crippen LogP contribution in [0.1, 0.15) is 5.56 Å². The quantitative estimate of drug-likeness (QED) is 0.656. The molecular formula is C22H21N5O2. The van der Waals surface area contributed by atoms with Gasteiger partial charge in [0.1, 0.15) is 0 Å². The van der Waals surface area contributed by atoms with Gasteiger partial charge in [-0.05, 0) is 42.0 Å². The fourth-order valence-corrected chi connectivity index (χ4v) is 3.38. The summed E-state index contributed by atoms with van der Waals surface area (Å²) < 4.78 is 0. The van der Waals surface area contributed by atoms with Gasteiger partial charge in [-0.3, -0.25) is 19.5 Å². The number of carbonyl (C=O) groups excluding carboxylic acids is 2. The molecule has 0 atom stereocenters. The van der Waals surface area contributed by atoms with Crippen molar-refractivity contribution in [1.82, 2.24) is 20.2 Å². The Morgan fingerprint density at radius 3 is 2.86 bits per heavy atom. The Kier molecular flexibility index (Phi) is 5.31. The number of benzene rings is 2. The predicted molar refractivity (Wildman–Crippen MR) is 112 cm³/mol. The first kappa shape index (κ1) is 18.8. The molecule has 2 amide bonds. The minimum Gasteiger partial charge on any atom is -0.354 e. The van der Waals surface area contributed by atoms with Crippen LogP contribution in [0, 0.1) is 0 Å². The first-order chi connectivity index (χ1) is 14.1. The van der Waals surface area contributed by atoms with Gasteiger partial charge in [0.2, 0.25) is 11.8 Å². The molecule has 1 saturated heterocycles. The molecule has 0 unspecified atom stereocenters. The number of nitrogens with one attached hydrogen (secondary N) is 2. The third-order valence-electron chi connectivity index (χ3n) is 4.71. The number of hydrogen-bond acceptors (Lipinski definition) is 5. The lowest BCUT2D eigenvalue weighted by atomic mass is 10.1. The molecule has 1 fully saturated rings. The van der Waals surface area contributed by atoms with E-state index in [2.05, 4.69) is 27.1 Å². The van der Waals surface area contributed by atoms with Crippen LogP contribution in [0.25, 0.3) is 22.3 Å². The fourth-order valence-electron chi connectivity index (χ4n) is 3.38. The number of para-hydroxylation sites is 2. The molecule has 2 N–H and O–H groups in total. The van der Waals surface area contributed by atoms with Crippen molar-refractivity contribution >= 4 is 28.5 Å². The first-order valence-corrected chi connectivity index (χ1v) is 9.39. The molecule has 0 radical (unpaired) electrons. The first-order valence-electron chi connectivity index (χ1n) is 9.39. The molecule has 2 heterocycles. The van der Waals surface area contributed by atoms with Crippen molar-refractivity contribution in [2.24, 2.45) is 0 Å². The van der Waals surface area contributed by atoms with Gasteiger partial charge in [0.25, 0.3) is 0 Å². The highest BCUT2D eigenvalue weighted by Crippen LogP contribution is 2.25. The predicted octanol–water partition coefficient (Wildman–Crippen LogP) is 2.35. The zero-order chi connectivity index (χ0) is 20.2. The standard InChI is InChI=1S/C22H21N5O2/c1-2-21(28)25-17-10-15(13-27-8-7-23-22(29)14-27)9-16(11-17)20-12-24-18-5-3-4-6-19(18)26-20/h2-6,9-12H,1,7-8,13-14H2,(H,23,29)(H,25,28). The zero-order valence-electron chi connectivity index (χ0n) is 15.9. The summed E-state index contributed by atoms with van der Waals surface area (Å²) >= 11 is 0. The maximum absolute atomic E-state index is 11.8. The number of hydrogen-bond donors (Lipinski definition) is 2. The van der Waals surface area contributed by atoms with E-state index in [4.69, 9.17) is 4.98 Å². The van der Waals surface area contributed by atoms with Crippen molar-refractivity contribution in [2.45, 2.75) is 6.54 Å². The molecule has 7 heteroatoms. The summed E-state index contributed by atoms with van der Waals surface area (Å²) in [5.41, 5.74) is 4.83. The van der Waals surface area contributed by atoms with E-state index in [1.54, 1.807) is 6.20 Å². The summed E-state index contributed by atoms with van der Waals surface area (Å²) in [6.07, 6.45) is 2.96. The van der Waals surface area contributed by atoms with Crippen molar-refractivity contribution < 1.29 is 9.59 Å². The van der Waals surface area contributed by atoms with Gasteiger partial charge in [-0.1, -0.05) is 18.7 Å². The van der Waals surface area contributed by atoms with Crippen molar-refractivity contribution in [1.29, 1.82) is 0 Å². The highest BCUT2D eigenvalue weighted by Gasteiger charge is 2.17. The van der Waals surface area contributed by atoms with Gasteiger partial charge >= 0.3 is 0 Å². The normalized spacial score (nSPS) is 14.4. The minimum absolute atomic E-state index is 0.0213. The minimum atomic E-state index is -0.282. The van der Waals surface area contributed by atoms with E-state index in [0.29, 0.717) is 25.3 Å². The molecule has 29 heavy (non-hydrogen) atoms. The van der Waals surface area contributed by atoms with Crippen LogP contribution >= 0.6 is 0 Å². The zero-order valence-corrected chi connectivity index (χ0v) is 15.9. The smallest absolute Gasteiger partial charge is 0.247 e. The molecule has 4 rings (SSSR count). The van der Waals surface area contributed by atoms with Crippen LogP contribution in [0.4, 0.5) is 5.69 Å². The summed E-state index contributed by atoms with van der Waals surface area (Å²) in [4.78, 5) is 34.8. The Labute approximate surface area is 168 Å². The van der Waals surface area contributed by atoms with Crippen LogP contribution in [-0.4, -0.2) is 46.3 Å². The molecule has 1 aromatic heterocycles. The number of aromatic nitrogens is 2. The summed E-state index contributed by atoms with van der Waals surface area (Å²) in [6, 6.07) is 13.5. The second-order valence-corrected chi connectivity index (χ2v) is 6.92. The van der Waals surface area contributed by atoms with Crippen LogP contribution in [0.2, 0.25) is 0 Å². The second kappa shape index (κ2) is 8.20. The molecule has 0 aliphatic carbocycles. The maximum Gasteiger partial charge on any atom is 0.247 e. The van der Waals surface area contributed by atoms with Crippen molar-refractivity contribution in [3.05, 3.63) is 66.9 Å². The number of amides is 2. The molecule has 0 bridgehead atoms. The van der Waals surface area contributed by atoms with Crippen LogP contribution in [0.3, 0.4) is 0 Å². The summed E-state index contributed by atoms with van der Waals surface area (Å²) in [5.74, 6) is -0.261. The van der Waals surface area contributed by atoms with Crippen LogP contribution in [-0.2, 0) is 16.1 Å². The van der Waals surface area contributed by atoms with Crippen molar-refractivity contribution in [3.8, 4) is 11.3 Å². The SMILES string of the molecule is C=CC(=O)Nc1cc(CN2CCNC(=O)C2)cc(-c2cnc3ccccc3n2)c1. The summed E-state index contributed by atoms with van der Waals surface area (Å²) in [5, 5.41) is 5.65. The molecular weight excluding hydrogens is 366 g/mol. The highest BCUT2D eigenvalue weighted by molar-refractivity contribution is 5.99. The topological polar surface area (TPSA) is 87.2 Å². The molecule has 1 aliphatic heterocycles. The molecule has 1 aliphatic rings. The van der Waals surface area contributed by atoms with E-state index < -0.39 is 0 Å². The van der Waals surface area contributed by atoms with Gasteiger partial charge in [-0.2, -0.15) is 0 Å². The van der Waals surface area contributed by atoms with Gasteiger partial charge in [-0.15, -0.1) is 0 Å². The number of rotatable bonds is 5. The summed E-state index contributed by atoms with van der Waals surface area (Å²) in [6.45, 7) is 5.87. The summed E-state index contributed by atoms with van der Waals surface area (Å²) in [7, 11) is 0. The van der Waals surface area contributed by atoms with E-state index in [1.807, 2.05) is 42.5 Å². The van der Waals surface area contributed by atoms with Gasteiger partial charge in [0.05, 0.1) is 29.5 Å². The molecule has 3 aromatic rings. The van der Waals surface area contributed by atoms with Gasteiger partial charge in [-0.25, -0.2) is 4.98 Å². The fraction of sp³-hybridized carbons (Fsp3) is 0.182. The Bertz CT molecular complexity index is 1100. The number of fused-ring (bicyclic) bond motifs is 1. The molecule has 7 nitrogen and oxygen atoms in total. The lowest BCUT2D eigenvalue weighted by Crippen LogP contribution is -2.47. The molecule has 146 valence electrons. The molecule has 0 saturated carbocycles. The molecule has 2 aromatic carbocycles. The Hall–Kier alpha value is -3.58. The lowest BCUT2D eigenvalue weighted by Gasteiger charge is -2.26. The van der Waals surface area contributed by atoms with E-state index >= 15 is 0 Å². The maximum atomic E-state index is 11.8. The second-order valence-electron chi connectivity index (χ2n) is 6.92.